The average molecular weight is 379 g/mol. The minimum absolute atomic E-state index is 0.0425. The van der Waals surface area contributed by atoms with Crippen LogP contribution in [0.3, 0.4) is 0 Å². The standard InChI is InChI=1S/C21H21N3O4/c1-3-4-5-6-11-28-15-8-9-16-17(12-15)21(26)24(20(16)25)18-10-7-14(13-22)23-19(18)27-2/h7-10,12H,3-6,11H2,1-2H3. The normalized spacial score (nSPS) is 12.7. The number of anilines is 1. The topological polar surface area (TPSA) is 92.5 Å². The van der Waals surface area contributed by atoms with Crippen LogP contribution in [0.25, 0.3) is 0 Å². The van der Waals surface area contributed by atoms with Crippen LogP contribution >= 0.6 is 0 Å². The number of hydrogen-bond acceptors (Lipinski definition) is 6. The van der Waals surface area contributed by atoms with Gasteiger partial charge in [0.1, 0.15) is 23.2 Å². The Kier molecular flexibility index (Phi) is 5.90. The lowest BCUT2D eigenvalue weighted by Gasteiger charge is -2.16. The molecule has 0 fully saturated rings. The average Bonchev–Trinajstić information content (AvgIpc) is 2.97. The smallest absolute Gasteiger partial charge is 0.266 e. The first kappa shape index (κ1) is 19.4. The number of hydrogen-bond donors (Lipinski definition) is 0. The summed E-state index contributed by atoms with van der Waals surface area (Å²) in [4.78, 5) is 30.7. The highest BCUT2D eigenvalue weighted by atomic mass is 16.5. The van der Waals surface area contributed by atoms with Crippen molar-refractivity contribution in [2.75, 3.05) is 18.6 Å². The number of ether oxygens (including phenoxy) is 2. The van der Waals surface area contributed by atoms with E-state index >= 15 is 0 Å². The molecule has 1 aromatic heterocycles. The summed E-state index contributed by atoms with van der Waals surface area (Å²) in [6, 6.07) is 9.71. The number of imide groups is 1. The number of nitrogens with zero attached hydrogens (tertiary/aromatic N) is 3. The van der Waals surface area contributed by atoms with Crippen molar-refractivity contribution in [2.45, 2.75) is 32.6 Å². The van der Waals surface area contributed by atoms with Gasteiger partial charge in [0.25, 0.3) is 11.8 Å². The van der Waals surface area contributed by atoms with Crippen LogP contribution < -0.4 is 14.4 Å². The molecule has 0 radical (unpaired) electrons. The van der Waals surface area contributed by atoms with Crippen LogP contribution in [0.15, 0.2) is 30.3 Å². The second kappa shape index (κ2) is 8.53. The lowest BCUT2D eigenvalue weighted by Crippen LogP contribution is -2.30. The van der Waals surface area contributed by atoms with Crippen LogP contribution in [0.1, 0.15) is 59.0 Å². The lowest BCUT2D eigenvalue weighted by molar-refractivity contribution is 0.0924. The Hall–Kier alpha value is -3.40. The number of carbonyl (C=O) groups is 2. The third-order valence-corrected chi connectivity index (χ3v) is 4.51. The van der Waals surface area contributed by atoms with Crippen LogP contribution in [0, 0.1) is 11.3 Å². The molecule has 0 saturated carbocycles. The summed E-state index contributed by atoms with van der Waals surface area (Å²) in [5.41, 5.74) is 0.919. The van der Waals surface area contributed by atoms with Crippen LogP contribution in [0.5, 0.6) is 11.6 Å². The molecule has 1 aliphatic heterocycles. The van der Waals surface area contributed by atoms with Gasteiger partial charge in [-0.25, -0.2) is 9.88 Å². The van der Waals surface area contributed by atoms with Gasteiger partial charge in [-0.15, -0.1) is 0 Å². The zero-order chi connectivity index (χ0) is 20.1. The van der Waals surface area contributed by atoms with E-state index in [4.69, 9.17) is 14.7 Å². The maximum atomic E-state index is 12.9. The number of fused-ring (bicyclic) bond motifs is 1. The molecular weight excluding hydrogens is 358 g/mol. The minimum atomic E-state index is -0.471. The van der Waals surface area contributed by atoms with E-state index in [1.165, 1.54) is 19.2 Å². The molecule has 0 unspecified atom stereocenters. The van der Waals surface area contributed by atoms with Crippen LogP contribution in [0.4, 0.5) is 5.69 Å². The number of amides is 2. The number of methoxy groups -OCH3 is 1. The number of aromatic nitrogens is 1. The molecule has 0 spiro atoms. The first-order valence-electron chi connectivity index (χ1n) is 9.21. The number of nitriles is 1. The lowest BCUT2D eigenvalue weighted by atomic mass is 10.1. The van der Waals surface area contributed by atoms with Crippen molar-refractivity contribution >= 4 is 17.5 Å². The van der Waals surface area contributed by atoms with E-state index in [-0.39, 0.29) is 22.8 Å². The minimum Gasteiger partial charge on any atom is -0.494 e. The van der Waals surface area contributed by atoms with E-state index in [1.807, 2.05) is 6.07 Å². The number of pyridine rings is 1. The molecule has 0 bridgehead atoms. The van der Waals surface area contributed by atoms with Crippen LogP contribution in [-0.2, 0) is 0 Å². The quantitative estimate of drug-likeness (QED) is 0.513. The second-order valence-corrected chi connectivity index (χ2v) is 6.40. The molecule has 0 atom stereocenters. The van der Waals surface area contributed by atoms with Gasteiger partial charge in [0.2, 0.25) is 5.88 Å². The molecule has 0 saturated heterocycles. The number of carbonyl (C=O) groups excluding carboxylic acids is 2. The summed E-state index contributed by atoms with van der Waals surface area (Å²) in [7, 11) is 1.37. The predicted molar refractivity (Wildman–Crippen MR) is 103 cm³/mol. The molecule has 0 N–H and O–H groups in total. The zero-order valence-electron chi connectivity index (χ0n) is 15.9. The SMILES string of the molecule is CCCCCCOc1ccc2c(c1)C(=O)N(c1ccc(C#N)nc1OC)C2=O. The molecule has 1 aromatic carbocycles. The molecular formula is C21H21N3O4. The molecule has 1 aliphatic rings. The van der Waals surface area contributed by atoms with E-state index in [1.54, 1.807) is 18.2 Å². The van der Waals surface area contributed by atoms with Gasteiger partial charge >= 0.3 is 0 Å². The largest absolute Gasteiger partial charge is 0.494 e. The van der Waals surface area contributed by atoms with Crippen molar-refractivity contribution in [3.63, 3.8) is 0 Å². The van der Waals surface area contributed by atoms with Crippen molar-refractivity contribution in [1.29, 1.82) is 5.26 Å². The number of rotatable bonds is 8. The van der Waals surface area contributed by atoms with Gasteiger partial charge in [0.05, 0.1) is 24.8 Å². The van der Waals surface area contributed by atoms with Crippen molar-refractivity contribution in [3.8, 4) is 17.7 Å². The molecule has 144 valence electrons. The maximum absolute atomic E-state index is 12.9. The van der Waals surface area contributed by atoms with Crippen LogP contribution in [0.2, 0.25) is 0 Å². The van der Waals surface area contributed by atoms with Crippen molar-refractivity contribution in [1.82, 2.24) is 4.98 Å². The van der Waals surface area contributed by atoms with Crippen molar-refractivity contribution in [3.05, 3.63) is 47.2 Å². The molecule has 3 rings (SSSR count). The van der Waals surface area contributed by atoms with Gasteiger partial charge in [0.15, 0.2) is 0 Å². The highest BCUT2D eigenvalue weighted by Crippen LogP contribution is 2.35. The second-order valence-electron chi connectivity index (χ2n) is 6.40. The van der Waals surface area contributed by atoms with E-state index in [0.29, 0.717) is 17.9 Å². The summed E-state index contributed by atoms with van der Waals surface area (Å²) in [5, 5.41) is 8.98. The molecule has 28 heavy (non-hydrogen) atoms. The molecule has 2 amide bonds. The summed E-state index contributed by atoms with van der Waals surface area (Å²) in [5.74, 6) is -0.329. The van der Waals surface area contributed by atoms with Crippen LogP contribution in [-0.4, -0.2) is 30.5 Å². The van der Waals surface area contributed by atoms with Gasteiger partial charge < -0.3 is 9.47 Å². The molecule has 7 heteroatoms. The Bertz CT molecular complexity index is 949. The Morgan fingerprint density at radius 2 is 1.86 bits per heavy atom. The monoisotopic (exact) mass is 379 g/mol. The molecule has 2 heterocycles. The van der Waals surface area contributed by atoms with E-state index in [2.05, 4.69) is 11.9 Å². The van der Waals surface area contributed by atoms with Crippen molar-refractivity contribution < 1.29 is 19.1 Å². The Labute approximate surface area is 163 Å². The third-order valence-electron chi connectivity index (χ3n) is 4.51. The third kappa shape index (κ3) is 3.67. The first-order chi connectivity index (χ1) is 13.6. The summed E-state index contributed by atoms with van der Waals surface area (Å²) < 4.78 is 10.9. The fourth-order valence-electron chi connectivity index (χ4n) is 3.06. The number of unbranched alkanes of at least 4 members (excludes halogenated alkanes) is 3. The maximum Gasteiger partial charge on any atom is 0.266 e. The van der Waals surface area contributed by atoms with E-state index in [0.717, 1.165) is 30.6 Å². The van der Waals surface area contributed by atoms with Gasteiger partial charge in [-0.2, -0.15) is 5.26 Å². The van der Waals surface area contributed by atoms with Gasteiger partial charge in [0, 0.05) is 0 Å². The Morgan fingerprint density at radius 1 is 1.07 bits per heavy atom. The summed E-state index contributed by atoms with van der Waals surface area (Å²) >= 11 is 0. The summed E-state index contributed by atoms with van der Waals surface area (Å²) in [6.45, 7) is 2.71. The molecule has 0 aliphatic carbocycles. The highest BCUT2D eigenvalue weighted by Gasteiger charge is 2.38. The Morgan fingerprint density at radius 3 is 2.57 bits per heavy atom. The van der Waals surface area contributed by atoms with Gasteiger partial charge in [-0.3, -0.25) is 9.59 Å². The Balaban J connectivity index is 1.83. The molecule has 7 nitrogen and oxygen atoms in total. The summed E-state index contributed by atoms with van der Waals surface area (Å²) in [6.07, 6.45) is 4.35. The molecule has 2 aromatic rings. The van der Waals surface area contributed by atoms with Gasteiger partial charge in [-0.05, 0) is 36.8 Å². The fourth-order valence-corrected chi connectivity index (χ4v) is 3.06. The van der Waals surface area contributed by atoms with E-state index < -0.39 is 11.8 Å². The zero-order valence-corrected chi connectivity index (χ0v) is 15.9. The van der Waals surface area contributed by atoms with E-state index in [9.17, 15) is 9.59 Å². The van der Waals surface area contributed by atoms with Crippen molar-refractivity contribution in [2.24, 2.45) is 0 Å². The van der Waals surface area contributed by atoms with Gasteiger partial charge in [-0.1, -0.05) is 26.2 Å². The fraction of sp³-hybridized carbons (Fsp3) is 0.333. The number of benzene rings is 1. The first-order valence-corrected chi connectivity index (χ1v) is 9.21. The highest BCUT2D eigenvalue weighted by molar-refractivity contribution is 6.34. The predicted octanol–water partition coefficient (Wildman–Crippen LogP) is 3.72.